The summed E-state index contributed by atoms with van der Waals surface area (Å²) in [6, 6.07) is 0.533. The molecule has 0 bridgehead atoms. The van der Waals surface area contributed by atoms with Gasteiger partial charge in [-0.05, 0) is 64.7 Å². The van der Waals surface area contributed by atoms with E-state index in [1.807, 2.05) is 20.8 Å². The quantitative estimate of drug-likeness (QED) is 0.850. The van der Waals surface area contributed by atoms with Gasteiger partial charge in [-0.1, -0.05) is 0 Å². The summed E-state index contributed by atoms with van der Waals surface area (Å²) in [6.07, 6.45) is 8.08. The van der Waals surface area contributed by atoms with Gasteiger partial charge in [0.25, 0.3) is 0 Å². The molecule has 5 heteroatoms. The third kappa shape index (κ3) is 2.87. The monoisotopic (exact) mass is 322 g/mol. The first-order valence-electron chi connectivity index (χ1n) is 8.19. The van der Waals surface area contributed by atoms with E-state index in [0.29, 0.717) is 6.04 Å². The van der Waals surface area contributed by atoms with Gasteiger partial charge < -0.3 is 10.1 Å². The molecule has 0 aromatic carbocycles. The Bertz CT molecular complexity index is 565. The van der Waals surface area contributed by atoms with Crippen LogP contribution in [-0.2, 0) is 14.9 Å². The number of rotatable bonds is 4. The van der Waals surface area contributed by atoms with E-state index in [1.54, 1.807) is 11.3 Å². The molecule has 0 atom stereocenters. The van der Waals surface area contributed by atoms with Gasteiger partial charge in [0.15, 0.2) is 5.13 Å². The van der Waals surface area contributed by atoms with Gasteiger partial charge in [0.05, 0.1) is 12.8 Å². The molecule has 0 radical (unpaired) electrons. The van der Waals surface area contributed by atoms with Crippen LogP contribution in [0.4, 0.5) is 5.13 Å². The number of ether oxygens (including phenoxy) is 1. The molecule has 0 amide bonds. The Morgan fingerprint density at radius 3 is 2.50 bits per heavy atom. The second-order valence-corrected chi connectivity index (χ2v) is 8.66. The fraction of sp³-hybridized carbons (Fsp3) is 0.765. The lowest BCUT2D eigenvalue weighted by Gasteiger charge is -2.28. The fourth-order valence-electron chi connectivity index (χ4n) is 3.62. The number of methoxy groups -OCH3 is 1. The highest BCUT2D eigenvalue weighted by molar-refractivity contribution is 7.15. The van der Waals surface area contributed by atoms with Gasteiger partial charge in [0.1, 0.15) is 5.41 Å². The van der Waals surface area contributed by atoms with Crippen LogP contribution in [0.1, 0.15) is 62.9 Å². The summed E-state index contributed by atoms with van der Waals surface area (Å²) in [5.41, 5.74) is 0.857. The zero-order chi connectivity index (χ0) is 16.0. The Kier molecular flexibility index (Phi) is 3.96. The number of thiazole rings is 1. The zero-order valence-electron chi connectivity index (χ0n) is 14.0. The SMILES string of the molecule is COC(=O)C(C)(C)c1nc(NC2CCC3(CC2)CC3)sc1C. The van der Waals surface area contributed by atoms with E-state index < -0.39 is 5.41 Å². The van der Waals surface area contributed by atoms with Gasteiger partial charge in [0, 0.05) is 10.9 Å². The Balaban J connectivity index is 1.68. The minimum absolute atomic E-state index is 0.235. The number of anilines is 1. The number of hydrogen-bond donors (Lipinski definition) is 1. The lowest BCUT2D eigenvalue weighted by Crippen LogP contribution is -2.31. The average molecular weight is 322 g/mol. The minimum atomic E-state index is -0.695. The molecule has 1 aromatic heterocycles. The summed E-state index contributed by atoms with van der Waals surface area (Å²) in [7, 11) is 1.43. The normalized spacial score (nSPS) is 20.9. The number of nitrogens with zero attached hydrogens (tertiary/aromatic N) is 1. The molecule has 22 heavy (non-hydrogen) atoms. The molecular weight excluding hydrogens is 296 g/mol. The molecule has 0 unspecified atom stereocenters. The number of aryl methyl sites for hydroxylation is 1. The Morgan fingerprint density at radius 1 is 1.32 bits per heavy atom. The Morgan fingerprint density at radius 2 is 1.95 bits per heavy atom. The van der Waals surface area contributed by atoms with E-state index in [9.17, 15) is 4.79 Å². The van der Waals surface area contributed by atoms with Crippen LogP contribution in [0.2, 0.25) is 0 Å². The lowest BCUT2D eigenvalue weighted by molar-refractivity contribution is -0.146. The number of carbonyl (C=O) groups excluding carboxylic acids is 1. The smallest absolute Gasteiger partial charge is 0.317 e. The molecule has 122 valence electrons. The third-order valence-electron chi connectivity index (χ3n) is 5.42. The standard InChI is InChI=1S/C17H26N2O2S/c1-11-13(16(2,3)14(20)21-4)19-15(22-11)18-12-5-7-17(8-6-12)9-10-17/h12H,5-10H2,1-4H3,(H,18,19). The highest BCUT2D eigenvalue weighted by Crippen LogP contribution is 2.56. The number of esters is 1. The summed E-state index contributed by atoms with van der Waals surface area (Å²) in [6.45, 7) is 5.78. The summed E-state index contributed by atoms with van der Waals surface area (Å²) in [5.74, 6) is -0.235. The fourth-order valence-corrected chi connectivity index (χ4v) is 4.67. The Hall–Kier alpha value is -1.10. The van der Waals surface area contributed by atoms with Crippen molar-refractivity contribution in [1.82, 2.24) is 4.98 Å². The molecule has 2 aliphatic carbocycles. The van der Waals surface area contributed by atoms with Crippen molar-refractivity contribution in [2.24, 2.45) is 5.41 Å². The number of aromatic nitrogens is 1. The van der Waals surface area contributed by atoms with E-state index in [0.717, 1.165) is 21.1 Å². The summed E-state index contributed by atoms with van der Waals surface area (Å²) in [5, 5.41) is 4.54. The summed E-state index contributed by atoms with van der Waals surface area (Å²) < 4.78 is 4.92. The second kappa shape index (κ2) is 5.52. The van der Waals surface area contributed by atoms with Gasteiger partial charge >= 0.3 is 5.97 Å². The van der Waals surface area contributed by atoms with Crippen LogP contribution in [0.15, 0.2) is 0 Å². The highest BCUT2D eigenvalue weighted by atomic mass is 32.1. The van der Waals surface area contributed by atoms with Gasteiger partial charge in [-0.3, -0.25) is 4.79 Å². The van der Waals surface area contributed by atoms with Crippen LogP contribution in [0, 0.1) is 12.3 Å². The molecule has 1 heterocycles. The van der Waals surface area contributed by atoms with Crippen molar-refractivity contribution in [3.63, 3.8) is 0 Å². The molecule has 0 saturated heterocycles. The highest BCUT2D eigenvalue weighted by Gasteiger charge is 2.44. The van der Waals surface area contributed by atoms with Crippen molar-refractivity contribution in [3.05, 3.63) is 10.6 Å². The zero-order valence-corrected chi connectivity index (χ0v) is 14.8. The first-order chi connectivity index (χ1) is 10.4. The second-order valence-electron chi connectivity index (χ2n) is 7.46. The molecule has 2 aliphatic rings. The van der Waals surface area contributed by atoms with Crippen LogP contribution in [0.5, 0.6) is 0 Å². The minimum Gasteiger partial charge on any atom is -0.468 e. The van der Waals surface area contributed by atoms with E-state index >= 15 is 0 Å². The first-order valence-corrected chi connectivity index (χ1v) is 9.01. The van der Waals surface area contributed by atoms with Crippen molar-refractivity contribution in [1.29, 1.82) is 0 Å². The van der Waals surface area contributed by atoms with Crippen LogP contribution >= 0.6 is 11.3 Å². The van der Waals surface area contributed by atoms with Gasteiger partial charge in [-0.15, -0.1) is 11.3 Å². The molecule has 1 aromatic rings. The maximum absolute atomic E-state index is 12.0. The molecule has 1 N–H and O–H groups in total. The van der Waals surface area contributed by atoms with Crippen molar-refractivity contribution >= 4 is 22.4 Å². The Labute approximate surface area is 136 Å². The predicted molar refractivity (Wildman–Crippen MR) is 89.4 cm³/mol. The predicted octanol–water partition coefficient (Wildman–Crippen LogP) is 4.04. The van der Waals surface area contributed by atoms with E-state index in [1.165, 1.54) is 45.6 Å². The summed E-state index contributed by atoms with van der Waals surface area (Å²) >= 11 is 1.65. The molecule has 2 saturated carbocycles. The topological polar surface area (TPSA) is 51.2 Å². The largest absolute Gasteiger partial charge is 0.468 e. The lowest BCUT2D eigenvalue weighted by atomic mass is 9.83. The van der Waals surface area contributed by atoms with Crippen molar-refractivity contribution in [3.8, 4) is 0 Å². The average Bonchev–Trinajstić information content (AvgIpc) is 3.14. The maximum Gasteiger partial charge on any atom is 0.317 e. The molecule has 3 rings (SSSR count). The van der Waals surface area contributed by atoms with Gasteiger partial charge in [-0.2, -0.15) is 0 Å². The van der Waals surface area contributed by atoms with E-state index in [-0.39, 0.29) is 5.97 Å². The molecule has 1 spiro atoms. The van der Waals surface area contributed by atoms with Crippen LogP contribution < -0.4 is 5.32 Å². The number of hydrogen-bond acceptors (Lipinski definition) is 5. The molecular formula is C17H26N2O2S. The van der Waals surface area contributed by atoms with Gasteiger partial charge in [-0.25, -0.2) is 4.98 Å². The first kappa shape index (κ1) is 15.8. The van der Waals surface area contributed by atoms with E-state index in [2.05, 4.69) is 5.32 Å². The van der Waals surface area contributed by atoms with Gasteiger partial charge in [0.2, 0.25) is 0 Å². The van der Waals surface area contributed by atoms with Crippen LogP contribution in [0.3, 0.4) is 0 Å². The van der Waals surface area contributed by atoms with Crippen LogP contribution in [-0.4, -0.2) is 24.1 Å². The van der Waals surface area contributed by atoms with Crippen molar-refractivity contribution in [2.75, 3.05) is 12.4 Å². The molecule has 2 fully saturated rings. The molecule has 4 nitrogen and oxygen atoms in total. The maximum atomic E-state index is 12.0. The van der Waals surface area contributed by atoms with Crippen molar-refractivity contribution < 1.29 is 9.53 Å². The third-order valence-corrected chi connectivity index (χ3v) is 6.32. The van der Waals surface area contributed by atoms with Crippen LogP contribution in [0.25, 0.3) is 0 Å². The van der Waals surface area contributed by atoms with E-state index in [4.69, 9.17) is 9.72 Å². The summed E-state index contributed by atoms with van der Waals surface area (Å²) in [4.78, 5) is 17.8. The molecule has 0 aliphatic heterocycles. The number of nitrogens with one attached hydrogen (secondary N) is 1. The number of carbonyl (C=O) groups is 1. The van der Waals surface area contributed by atoms with Crippen molar-refractivity contribution in [2.45, 2.75) is 70.8 Å².